The van der Waals surface area contributed by atoms with Gasteiger partial charge in [-0.15, -0.1) is 0 Å². The molecule has 3 N–H and O–H groups in total. The van der Waals surface area contributed by atoms with E-state index in [4.69, 9.17) is 5.73 Å². The van der Waals surface area contributed by atoms with Gasteiger partial charge in [-0.2, -0.15) is 0 Å². The molecule has 0 amide bonds. The van der Waals surface area contributed by atoms with Crippen LogP contribution in [-0.4, -0.2) is 19.1 Å². The lowest BCUT2D eigenvalue weighted by atomic mass is 10.0. The lowest BCUT2D eigenvalue weighted by Gasteiger charge is -2.20. The van der Waals surface area contributed by atoms with E-state index in [1.54, 1.807) is 0 Å². The highest BCUT2D eigenvalue weighted by Crippen LogP contribution is 2.06. The van der Waals surface area contributed by atoms with Crippen LogP contribution in [-0.2, 0) is 12.8 Å². The predicted molar refractivity (Wildman–Crippen MR) is 75.2 cm³/mol. The molecule has 0 radical (unpaired) electrons. The molecule has 0 aliphatic heterocycles. The summed E-state index contributed by atoms with van der Waals surface area (Å²) < 4.78 is 0. The van der Waals surface area contributed by atoms with Crippen molar-refractivity contribution in [1.82, 2.24) is 5.32 Å². The van der Waals surface area contributed by atoms with Crippen molar-refractivity contribution < 1.29 is 0 Å². The van der Waals surface area contributed by atoms with E-state index in [9.17, 15) is 0 Å². The Morgan fingerprint density at radius 2 is 1.71 bits per heavy atom. The van der Waals surface area contributed by atoms with Gasteiger partial charge in [0.2, 0.25) is 0 Å². The summed E-state index contributed by atoms with van der Waals surface area (Å²) in [6.45, 7) is 8.32. The number of hydrogen-bond donors (Lipinski definition) is 2. The van der Waals surface area contributed by atoms with Crippen molar-refractivity contribution in [3.8, 4) is 0 Å². The fourth-order valence-electron chi connectivity index (χ4n) is 1.93. The Kier molecular flexibility index (Phi) is 6.23. The third-order valence-electron chi connectivity index (χ3n) is 3.31. The van der Waals surface area contributed by atoms with Crippen molar-refractivity contribution >= 4 is 0 Å². The van der Waals surface area contributed by atoms with Gasteiger partial charge < -0.3 is 11.1 Å². The molecule has 0 aliphatic carbocycles. The maximum atomic E-state index is 5.73. The van der Waals surface area contributed by atoms with Gasteiger partial charge in [-0.1, -0.05) is 45.0 Å². The third kappa shape index (κ3) is 4.88. The maximum absolute atomic E-state index is 5.73. The van der Waals surface area contributed by atoms with E-state index in [-0.39, 0.29) is 0 Å². The monoisotopic (exact) mass is 234 g/mol. The van der Waals surface area contributed by atoms with Gasteiger partial charge >= 0.3 is 0 Å². The third-order valence-corrected chi connectivity index (χ3v) is 3.31. The fourth-order valence-corrected chi connectivity index (χ4v) is 1.93. The average Bonchev–Trinajstić information content (AvgIpc) is 2.35. The summed E-state index contributed by atoms with van der Waals surface area (Å²) in [7, 11) is 0. The van der Waals surface area contributed by atoms with Crippen molar-refractivity contribution in [2.45, 2.75) is 39.7 Å². The molecule has 1 aromatic carbocycles. The normalized spacial score (nSPS) is 13.0. The molecular weight excluding hydrogens is 208 g/mol. The van der Waals surface area contributed by atoms with E-state index in [2.05, 4.69) is 50.4 Å². The SMILES string of the molecule is CCc1ccc(CCNC(CN)C(C)C)cc1. The molecule has 17 heavy (non-hydrogen) atoms. The van der Waals surface area contributed by atoms with Crippen molar-refractivity contribution in [3.63, 3.8) is 0 Å². The summed E-state index contributed by atoms with van der Waals surface area (Å²) in [5.41, 5.74) is 8.53. The minimum Gasteiger partial charge on any atom is -0.329 e. The summed E-state index contributed by atoms with van der Waals surface area (Å²) in [5.74, 6) is 0.600. The number of rotatable bonds is 7. The summed E-state index contributed by atoms with van der Waals surface area (Å²) in [6, 6.07) is 9.33. The van der Waals surface area contributed by atoms with Gasteiger partial charge in [0, 0.05) is 12.6 Å². The Bertz CT molecular complexity index is 303. The average molecular weight is 234 g/mol. The van der Waals surface area contributed by atoms with Crippen LogP contribution in [0, 0.1) is 5.92 Å². The highest BCUT2D eigenvalue weighted by Gasteiger charge is 2.09. The zero-order valence-corrected chi connectivity index (χ0v) is 11.4. The fraction of sp³-hybridized carbons (Fsp3) is 0.600. The van der Waals surface area contributed by atoms with E-state index in [1.165, 1.54) is 11.1 Å². The Morgan fingerprint density at radius 3 is 2.18 bits per heavy atom. The van der Waals surface area contributed by atoms with E-state index in [0.717, 1.165) is 19.4 Å². The van der Waals surface area contributed by atoms with Crippen molar-refractivity contribution in [3.05, 3.63) is 35.4 Å². The predicted octanol–water partition coefficient (Wildman–Crippen LogP) is 2.36. The van der Waals surface area contributed by atoms with Crippen LogP contribution in [0.25, 0.3) is 0 Å². The molecule has 0 saturated carbocycles. The summed E-state index contributed by atoms with van der Waals surface area (Å²) in [6.07, 6.45) is 2.19. The minimum atomic E-state index is 0.435. The van der Waals surface area contributed by atoms with E-state index in [0.29, 0.717) is 18.5 Å². The van der Waals surface area contributed by atoms with Gasteiger partial charge in [-0.3, -0.25) is 0 Å². The van der Waals surface area contributed by atoms with E-state index in [1.807, 2.05) is 0 Å². The number of hydrogen-bond acceptors (Lipinski definition) is 2. The molecule has 0 aromatic heterocycles. The second-order valence-corrected chi connectivity index (χ2v) is 4.96. The van der Waals surface area contributed by atoms with E-state index < -0.39 is 0 Å². The van der Waals surface area contributed by atoms with Crippen molar-refractivity contribution in [2.75, 3.05) is 13.1 Å². The van der Waals surface area contributed by atoms with Gasteiger partial charge in [0.1, 0.15) is 0 Å². The zero-order valence-electron chi connectivity index (χ0n) is 11.4. The van der Waals surface area contributed by atoms with Crippen LogP contribution in [0.4, 0.5) is 0 Å². The van der Waals surface area contributed by atoms with Gasteiger partial charge in [-0.25, -0.2) is 0 Å². The van der Waals surface area contributed by atoms with Gasteiger partial charge in [-0.05, 0) is 36.4 Å². The van der Waals surface area contributed by atoms with Crippen LogP contribution >= 0.6 is 0 Å². The molecule has 2 nitrogen and oxygen atoms in total. The second kappa shape index (κ2) is 7.46. The quantitative estimate of drug-likeness (QED) is 0.760. The molecule has 96 valence electrons. The number of aryl methyl sites for hydroxylation is 1. The molecule has 1 atom stereocenters. The Hall–Kier alpha value is -0.860. The first kappa shape index (κ1) is 14.2. The van der Waals surface area contributed by atoms with Gasteiger partial charge in [0.15, 0.2) is 0 Å². The first-order valence-electron chi connectivity index (χ1n) is 6.68. The second-order valence-electron chi connectivity index (χ2n) is 4.96. The lowest BCUT2D eigenvalue weighted by Crippen LogP contribution is -2.41. The van der Waals surface area contributed by atoms with Crippen molar-refractivity contribution in [2.24, 2.45) is 11.7 Å². The summed E-state index contributed by atoms with van der Waals surface area (Å²) >= 11 is 0. The Morgan fingerprint density at radius 1 is 1.12 bits per heavy atom. The first-order chi connectivity index (χ1) is 8.17. The molecule has 0 spiro atoms. The lowest BCUT2D eigenvalue weighted by molar-refractivity contribution is 0.409. The summed E-state index contributed by atoms with van der Waals surface area (Å²) in [4.78, 5) is 0. The molecule has 1 unspecified atom stereocenters. The van der Waals surface area contributed by atoms with Crippen LogP contribution in [0.5, 0.6) is 0 Å². The molecule has 0 saturated heterocycles. The molecule has 0 aliphatic rings. The Labute approximate surface area is 106 Å². The van der Waals surface area contributed by atoms with Crippen molar-refractivity contribution in [1.29, 1.82) is 0 Å². The molecule has 1 aromatic rings. The molecule has 0 fully saturated rings. The first-order valence-corrected chi connectivity index (χ1v) is 6.68. The highest BCUT2D eigenvalue weighted by atomic mass is 14.9. The molecular formula is C15H26N2. The van der Waals surface area contributed by atoms with Crippen LogP contribution in [0.2, 0.25) is 0 Å². The topological polar surface area (TPSA) is 38.0 Å². The van der Waals surface area contributed by atoms with E-state index >= 15 is 0 Å². The molecule has 1 rings (SSSR count). The van der Waals surface area contributed by atoms with Gasteiger partial charge in [0.25, 0.3) is 0 Å². The number of benzene rings is 1. The van der Waals surface area contributed by atoms with Crippen LogP contribution in [0.3, 0.4) is 0 Å². The van der Waals surface area contributed by atoms with Crippen LogP contribution in [0.15, 0.2) is 24.3 Å². The molecule has 0 heterocycles. The summed E-state index contributed by atoms with van der Waals surface area (Å²) in [5, 5.41) is 3.52. The number of nitrogens with two attached hydrogens (primary N) is 1. The minimum absolute atomic E-state index is 0.435. The van der Waals surface area contributed by atoms with Gasteiger partial charge in [0.05, 0.1) is 0 Å². The Balaban J connectivity index is 2.34. The molecule has 2 heteroatoms. The standard InChI is InChI=1S/C15H26N2/c1-4-13-5-7-14(8-6-13)9-10-17-15(11-16)12(2)3/h5-8,12,15,17H,4,9-11,16H2,1-3H3. The highest BCUT2D eigenvalue weighted by molar-refractivity contribution is 5.22. The van der Waals surface area contributed by atoms with Crippen LogP contribution in [0.1, 0.15) is 31.9 Å². The largest absolute Gasteiger partial charge is 0.329 e. The maximum Gasteiger partial charge on any atom is 0.0213 e. The molecule has 0 bridgehead atoms. The zero-order chi connectivity index (χ0) is 12.7. The smallest absolute Gasteiger partial charge is 0.0213 e. The number of nitrogens with one attached hydrogen (secondary N) is 1. The van der Waals surface area contributed by atoms with Crippen LogP contribution < -0.4 is 11.1 Å².